The fraction of sp³-hybridized carbons (Fsp3) is 0.368. The van der Waals surface area contributed by atoms with Gasteiger partial charge in [0.15, 0.2) is 6.61 Å². The number of esters is 1. The largest absolute Gasteiger partial charge is 0.457 e. The first-order valence-electron chi connectivity index (χ1n) is 8.61. The summed E-state index contributed by atoms with van der Waals surface area (Å²) in [5.41, 5.74) is 4.46. The molecule has 0 saturated heterocycles. The van der Waals surface area contributed by atoms with Gasteiger partial charge in [0.25, 0.3) is 5.56 Å². The van der Waals surface area contributed by atoms with Gasteiger partial charge in [-0.2, -0.15) is 0 Å². The third kappa shape index (κ3) is 4.33. The van der Waals surface area contributed by atoms with Crippen molar-refractivity contribution in [1.29, 1.82) is 0 Å². The number of ketones is 1. The zero-order chi connectivity index (χ0) is 20.1. The summed E-state index contributed by atoms with van der Waals surface area (Å²) in [6.45, 7) is 3.25. The number of nitrogen functional groups attached to an aromatic ring is 1. The number of anilines is 1. The highest BCUT2D eigenvalue weighted by atomic mass is 16.5. The Hall–Kier alpha value is -3.16. The van der Waals surface area contributed by atoms with E-state index in [0.29, 0.717) is 0 Å². The van der Waals surface area contributed by atoms with E-state index in [-0.39, 0.29) is 11.7 Å². The molecular formula is C19H23N3O5. The molecular weight excluding hydrogens is 350 g/mol. The van der Waals surface area contributed by atoms with Crippen molar-refractivity contribution in [2.45, 2.75) is 26.2 Å². The topological polar surface area (TPSA) is 124 Å². The summed E-state index contributed by atoms with van der Waals surface area (Å²) >= 11 is 0. The van der Waals surface area contributed by atoms with E-state index in [1.807, 2.05) is 49.2 Å². The van der Waals surface area contributed by atoms with E-state index < -0.39 is 41.1 Å². The maximum absolute atomic E-state index is 12.6. The number of aromatic amines is 1. The van der Waals surface area contributed by atoms with Crippen molar-refractivity contribution >= 4 is 17.6 Å². The van der Waals surface area contributed by atoms with Crippen molar-refractivity contribution in [3.8, 4) is 0 Å². The van der Waals surface area contributed by atoms with Crippen LogP contribution in [0, 0.1) is 5.92 Å². The Morgan fingerprint density at radius 3 is 2.44 bits per heavy atom. The van der Waals surface area contributed by atoms with Crippen LogP contribution in [0.1, 0.15) is 42.1 Å². The summed E-state index contributed by atoms with van der Waals surface area (Å²) < 4.78 is 6.14. The molecule has 8 nitrogen and oxygen atoms in total. The molecule has 0 aliphatic heterocycles. The van der Waals surface area contributed by atoms with Gasteiger partial charge in [-0.05, 0) is 11.5 Å². The number of hydrogen-bond donors (Lipinski definition) is 2. The number of Topliss-reactive ketones (excluding diaryl/α,β-unsaturated/α-hetero) is 1. The predicted octanol–water partition coefficient (Wildman–Crippen LogP) is 1.21. The fourth-order valence-corrected chi connectivity index (χ4v) is 2.80. The zero-order valence-corrected chi connectivity index (χ0v) is 15.5. The second kappa shape index (κ2) is 8.48. The van der Waals surface area contributed by atoms with E-state index >= 15 is 0 Å². The van der Waals surface area contributed by atoms with E-state index in [0.717, 1.165) is 16.6 Å². The number of nitrogens with one attached hydrogen (secondary N) is 1. The van der Waals surface area contributed by atoms with Gasteiger partial charge in [0, 0.05) is 7.05 Å². The van der Waals surface area contributed by atoms with Gasteiger partial charge in [0.1, 0.15) is 11.4 Å². The molecule has 0 amide bonds. The van der Waals surface area contributed by atoms with Crippen LogP contribution in [0.5, 0.6) is 0 Å². The summed E-state index contributed by atoms with van der Waals surface area (Å²) in [6.07, 6.45) is 0.746. The van der Waals surface area contributed by atoms with E-state index in [9.17, 15) is 19.2 Å². The van der Waals surface area contributed by atoms with Gasteiger partial charge >= 0.3 is 11.7 Å². The summed E-state index contributed by atoms with van der Waals surface area (Å²) in [4.78, 5) is 50.4. The maximum Gasteiger partial charge on any atom is 0.329 e. The van der Waals surface area contributed by atoms with E-state index in [4.69, 9.17) is 10.5 Å². The molecule has 2 rings (SSSR count). The number of carbonyl (C=O) groups excluding carboxylic acids is 2. The molecule has 0 aliphatic rings. The standard InChI is InChI=1S/C19H23N3O5/c1-4-11(2)14(12-8-6-5-7-9-12)18(25)27-10-13(23)15-16(20)22(3)19(26)21-17(15)24/h5-9,11,14H,4,10,20H2,1-3H3,(H,21,24,26)/t11-,14-/m0/s1. The second-order valence-corrected chi connectivity index (χ2v) is 6.38. The predicted molar refractivity (Wildman–Crippen MR) is 101 cm³/mol. The summed E-state index contributed by atoms with van der Waals surface area (Å²) in [7, 11) is 1.32. The lowest BCUT2D eigenvalue weighted by molar-refractivity contribution is -0.145. The highest BCUT2D eigenvalue weighted by Crippen LogP contribution is 2.28. The quantitative estimate of drug-likeness (QED) is 0.555. The number of rotatable bonds is 7. The molecule has 0 saturated carbocycles. The van der Waals surface area contributed by atoms with Gasteiger partial charge in [-0.25, -0.2) is 4.79 Å². The maximum atomic E-state index is 12.6. The minimum atomic E-state index is -0.904. The van der Waals surface area contributed by atoms with Crippen LogP contribution >= 0.6 is 0 Å². The highest BCUT2D eigenvalue weighted by Gasteiger charge is 2.28. The van der Waals surface area contributed by atoms with Crippen LogP contribution < -0.4 is 17.0 Å². The monoisotopic (exact) mass is 373 g/mol. The summed E-state index contributed by atoms with van der Waals surface area (Å²) in [6, 6.07) is 9.16. The zero-order valence-electron chi connectivity index (χ0n) is 15.5. The minimum absolute atomic E-state index is 0.000945. The van der Waals surface area contributed by atoms with Crippen molar-refractivity contribution < 1.29 is 14.3 Å². The Morgan fingerprint density at radius 1 is 1.22 bits per heavy atom. The Labute approximate surface area is 156 Å². The molecule has 0 aliphatic carbocycles. The Balaban J connectivity index is 2.21. The lowest BCUT2D eigenvalue weighted by atomic mass is 9.85. The van der Waals surface area contributed by atoms with Gasteiger partial charge in [0.2, 0.25) is 5.78 Å². The number of carbonyl (C=O) groups is 2. The van der Waals surface area contributed by atoms with Crippen LogP contribution in [0.2, 0.25) is 0 Å². The average Bonchev–Trinajstić information content (AvgIpc) is 2.65. The van der Waals surface area contributed by atoms with Gasteiger partial charge in [-0.15, -0.1) is 0 Å². The van der Waals surface area contributed by atoms with Crippen LogP contribution in [0.25, 0.3) is 0 Å². The number of nitrogens with zero attached hydrogens (tertiary/aromatic N) is 1. The van der Waals surface area contributed by atoms with E-state index in [1.54, 1.807) is 0 Å². The molecule has 0 fully saturated rings. The Bertz CT molecular complexity index is 946. The third-order valence-electron chi connectivity index (χ3n) is 4.62. The molecule has 1 aromatic carbocycles. The molecule has 2 aromatic rings. The molecule has 1 aromatic heterocycles. The van der Waals surface area contributed by atoms with Gasteiger partial charge in [0.05, 0.1) is 5.92 Å². The van der Waals surface area contributed by atoms with E-state index in [2.05, 4.69) is 0 Å². The summed E-state index contributed by atoms with van der Waals surface area (Å²) in [5, 5.41) is 0. The lowest BCUT2D eigenvalue weighted by Crippen LogP contribution is -2.36. The first-order chi connectivity index (χ1) is 12.8. The molecule has 2 atom stereocenters. The van der Waals surface area contributed by atoms with Gasteiger partial charge < -0.3 is 10.5 Å². The molecule has 1 heterocycles. The molecule has 0 spiro atoms. The number of ether oxygens (including phenoxy) is 1. The number of aromatic nitrogens is 2. The molecule has 3 N–H and O–H groups in total. The number of nitrogens with two attached hydrogens (primary N) is 1. The van der Waals surface area contributed by atoms with Crippen molar-refractivity contribution in [3.05, 3.63) is 62.3 Å². The van der Waals surface area contributed by atoms with Crippen LogP contribution in [0.4, 0.5) is 5.82 Å². The molecule has 144 valence electrons. The van der Waals surface area contributed by atoms with Crippen molar-refractivity contribution in [2.24, 2.45) is 13.0 Å². The first-order valence-corrected chi connectivity index (χ1v) is 8.61. The fourth-order valence-electron chi connectivity index (χ4n) is 2.80. The number of hydrogen-bond acceptors (Lipinski definition) is 6. The van der Waals surface area contributed by atoms with Crippen molar-refractivity contribution in [2.75, 3.05) is 12.3 Å². The van der Waals surface area contributed by atoms with E-state index in [1.165, 1.54) is 7.05 Å². The van der Waals surface area contributed by atoms with Crippen molar-refractivity contribution in [1.82, 2.24) is 9.55 Å². The molecule has 27 heavy (non-hydrogen) atoms. The van der Waals surface area contributed by atoms with Crippen LogP contribution in [-0.4, -0.2) is 27.9 Å². The van der Waals surface area contributed by atoms with Gasteiger partial charge in [-0.1, -0.05) is 50.6 Å². The SMILES string of the molecule is CC[C@H](C)[C@H](C(=O)OCC(=O)c1c(N)n(C)c(=O)[nH]c1=O)c1ccccc1. The van der Waals surface area contributed by atoms with Gasteiger partial charge in [-0.3, -0.25) is 23.9 Å². The Kier molecular flexibility index (Phi) is 6.33. The molecule has 8 heteroatoms. The van der Waals surface area contributed by atoms with Crippen LogP contribution in [0.3, 0.4) is 0 Å². The van der Waals surface area contributed by atoms with Crippen molar-refractivity contribution in [3.63, 3.8) is 0 Å². The number of benzene rings is 1. The lowest BCUT2D eigenvalue weighted by Gasteiger charge is -2.21. The number of H-pyrrole nitrogens is 1. The third-order valence-corrected chi connectivity index (χ3v) is 4.62. The molecule has 0 unspecified atom stereocenters. The smallest absolute Gasteiger partial charge is 0.329 e. The van der Waals surface area contributed by atoms with Crippen LogP contribution in [-0.2, 0) is 16.6 Å². The highest BCUT2D eigenvalue weighted by molar-refractivity contribution is 6.01. The second-order valence-electron chi connectivity index (χ2n) is 6.38. The molecule has 0 radical (unpaired) electrons. The first kappa shape index (κ1) is 20.2. The minimum Gasteiger partial charge on any atom is -0.457 e. The average molecular weight is 373 g/mol. The molecule has 0 bridgehead atoms. The normalized spacial score (nSPS) is 13.0. The van der Waals surface area contributed by atoms with Crippen LogP contribution in [0.15, 0.2) is 39.9 Å². The Morgan fingerprint density at radius 2 is 1.85 bits per heavy atom. The summed E-state index contributed by atoms with van der Waals surface area (Å²) in [5.74, 6) is -2.12.